The van der Waals surface area contributed by atoms with Crippen molar-refractivity contribution < 1.29 is 15.0 Å². The molecule has 0 aromatic heterocycles. The number of nitrogens with one attached hydrogen (secondary N) is 1. The number of urea groups is 1. The average Bonchev–Trinajstić information content (AvgIpc) is 3.26. The van der Waals surface area contributed by atoms with Gasteiger partial charge in [-0.15, -0.1) is 0 Å². The molecule has 8 aliphatic rings. The molecule has 8 aliphatic carbocycles. The van der Waals surface area contributed by atoms with E-state index in [1.54, 1.807) is 0 Å². The fourth-order valence-corrected chi connectivity index (χ4v) is 12.9. The van der Waals surface area contributed by atoms with E-state index in [1.165, 1.54) is 49.7 Å². The fourth-order valence-electron chi connectivity index (χ4n) is 12.9. The number of hydrogen-bond acceptors (Lipinski definition) is 3. The van der Waals surface area contributed by atoms with E-state index in [1.807, 2.05) is 18.2 Å². The monoisotopic (exact) mass is 612 g/mol. The second-order valence-electron chi connectivity index (χ2n) is 17.7. The molecular weight excluding hydrogens is 556 g/mol. The van der Waals surface area contributed by atoms with E-state index >= 15 is 0 Å². The normalized spacial score (nSPS) is 45.1. The number of hydrogen-bond donors (Lipinski definition) is 3. The van der Waals surface area contributed by atoms with Crippen LogP contribution >= 0.6 is 0 Å². The number of nitrogens with zero attached hydrogens (tertiary/aromatic N) is 1. The Bertz CT molecular complexity index is 1350. The molecule has 45 heavy (non-hydrogen) atoms. The van der Waals surface area contributed by atoms with Crippen molar-refractivity contribution in [3.05, 3.63) is 59.2 Å². The summed E-state index contributed by atoms with van der Waals surface area (Å²) >= 11 is 0. The molecule has 5 heteroatoms. The Balaban J connectivity index is 1.07. The Kier molecular flexibility index (Phi) is 7.19. The van der Waals surface area contributed by atoms with Crippen molar-refractivity contribution in [3.8, 4) is 0 Å². The van der Waals surface area contributed by atoms with Crippen molar-refractivity contribution in [1.82, 2.24) is 10.2 Å². The van der Waals surface area contributed by atoms with Crippen molar-refractivity contribution in [2.45, 2.75) is 122 Å². The maximum atomic E-state index is 14.4. The lowest BCUT2D eigenvalue weighted by molar-refractivity contribution is -0.110. The van der Waals surface area contributed by atoms with Crippen LogP contribution in [-0.2, 0) is 0 Å². The van der Waals surface area contributed by atoms with Crippen LogP contribution in [-0.4, -0.2) is 45.9 Å². The molecule has 0 spiro atoms. The molecular formula is C40H56N2O3. The van der Waals surface area contributed by atoms with Crippen molar-refractivity contribution in [3.63, 3.8) is 0 Å². The Hall–Kier alpha value is -2.11. The van der Waals surface area contributed by atoms with E-state index < -0.39 is 5.60 Å². The van der Waals surface area contributed by atoms with Gasteiger partial charge in [0.1, 0.15) is 0 Å². The van der Waals surface area contributed by atoms with Gasteiger partial charge >= 0.3 is 6.03 Å². The third-order valence-corrected chi connectivity index (χ3v) is 14.9. The number of amides is 2. The summed E-state index contributed by atoms with van der Waals surface area (Å²) in [5.74, 6) is 3.33. The molecule has 5 nitrogen and oxygen atoms in total. The van der Waals surface area contributed by atoms with Crippen molar-refractivity contribution in [2.24, 2.45) is 45.8 Å². The van der Waals surface area contributed by atoms with Gasteiger partial charge in [0.25, 0.3) is 0 Å². The molecule has 7 saturated carbocycles. The molecule has 7 unspecified atom stereocenters. The minimum atomic E-state index is -0.910. The van der Waals surface area contributed by atoms with E-state index in [2.05, 4.69) is 55.3 Å². The quantitative estimate of drug-likeness (QED) is 0.305. The highest BCUT2D eigenvalue weighted by Gasteiger charge is 2.63. The average molecular weight is 613 g/mol. The van der Waals surface area contributed by atoms with Gasteiger partial charge in [0.05, 0.1) is 24.3 Å². The van der Waals surface area contributed by atoms with Crippen LogP contribution < -0.4 is 5.32 Å². The second-order valence-corrected chi connectivity index (χ2v) is 17.7. The third-order valence-electron chi connectivity index (χ3n) is 14.9. The summed E-state index contributed by atoms with van der Waals surface area (Å²) < 4.78 is 0. The zero-order valence-electron chi connectivity index (χ0n) is 27.9. The predicted molar refractivity (Wildman–Crippen MR) is 178 cm³/mol. The van der Waals surface area contributed by atoms with E-state index in [9.17, 15) is 15.0 Å². The van der Waals surface area contributed by atoms with Crippen LogP contribution in [0.25, 0.3) is 0 Å². The van der Waals surface area contributed by atoms with E-state index in [0.717, 1.165) is 74.8 Å². The smallest absolute Gasteiger partial charge is 0.317 e. The summed E-state index contributed by atoms with van der Waals surface area (Å²) in [6.45, 7) is 8.09. The van der Waals surface area contributed by atoms with Crippen molar-refractivity contribution in [1.29, 1.82) is 0 Å². The van der Waals surface area contributed by atoms with Crippen LogP contribution in [0, 0.1) is 45.8 Å². The topological polar surface area (TPSA) is 72.8 Å². The molecule has 0 aliphatic heterocycles. The van der Waals surface area contributed by atoms with Crippen LogP contribution in [0.1, 0.15) is 116 Å². The van der Waals surface area contributed by atoms with Gasteiger partial charge in [-0.2, -0.15) is 0 Å². The van der Waals surface area contributed by atoms with Gasteiger partial charge in [-0.3, -0.25) is 0 Å². The third kappa shape index (κ3) is 4.88. The molecule has 7 fully saturated rings. The lowest BCUT2D eigenvalue weighted by Crippen LogP contribution is -2.60. The molecule has 7 atom stereocenters. The molecule has 1 aromatic carbocycles. The Morgan fingerprint density at radius 3 is 2.27 bits per heavy atom. The molecule has 4 bridgehead atoms. The van der Waals surface area contributed by atoms with Gasteiger partial charge in [0.15, 0.2) is 0 Å². The SMILES string of the molecule is CC(NC(=O)N(CC12CC3CC(CC(C3)C1)C2)CC1(O)CCC2C3=CC=C4CC(O)CCC4(C)C3CCC21C)c1ccccc1. The number of carbonyl (C=O) groups excluding carboxylic acids is 1. The molecule has 0 radical (unpaired) electrons. The number of carbonyl (C=O) groups is 1. The zero-order valence-corrected chi connectivity index (χ0v) is 27.9. The largest absolute Gasteiger partial charge is 0.393 e. The summed E-state index contributed by atoms with van der Waals surface area (Å²) in [6.07, 6.45) is 19.0. The fraction of sp³-hybridized carbons (Fsp3) is 0.725. The molecule has 244 valence electrons. The Labute approximate surface area is 270 Å². The summed E-state index contributed by atoms with van der Waals surface area (Å²) in [6, 6.07) is 10.2. The first-order chi connectivity index (χ1) is 21.5. The van der Waals surface area contributed by atoms with Gasteiger partial charge in [0.2, 0.25) is 0 Å². The standard InChI is InChI=1S/C40H56N2O3/c1-26(30-7-5-4-6-8-30)41-36(44)42(24-39-21-27-17-28(22-39)19-29(18-27)23-39)25-40(45)16-13-35-33-10-9-31-20-32(43)11-14-37(31,2)34(33)12-15-38(35,40)3/h4-10,26-29,32,34-35,43,45H,11-25H2,1-3H3,(H,41,44). The van der Waals surface area contributed by atoms with Gasteiger partial charge in [-0.05, 0) is 136 Å². The summed E-state index contributed by atoms with van der Waals surface area (Å²) in [5.41, 5.74) is 3.26. The summed E-state index contributed by atoms with van der Waals surface area (Å²) in [5, 5.41) is 26.7. The van der Waals surface area contributed by atoms with Crippen molar-refractivity contribution >= 4 is 6.03 Å². The van der Waals surface area contributed by atoms with Crippen LogP contribution in [0.15, 0.2) is 53.6 Å². The lowest BCUT2D eigenvalue weighted by Gasteiger charge is -2.59. The van der Waals surface area contributed by atoms with E-state index in [0.29, 0.717) is 18.4 Å². The first-order valence-corrected chi connectivity index (χ1v) is 18.4. The minimum absolute atomic E-state index is 0.00556. The van der Waals surface area contributed by atoms with Crippen LogP contribution in [0.2, 0.25) is 0 Å². The number of aliphatic hydroxyl groups is 2. The Morgan fingerprint density at radius 2 is 1.58 bits per heavy atom. The molecule has 2 amide bonds. The van der Waals surface area contributed by atoms with Gasteiger partial charge < -0.3 is 20.4 Å². The summed E-state index contributed by atoms with van der Waals surface area (Å²) in [4.78, 5) is 16.5. The van der Waals surface area contributed by atoms with Gasteiger partial charge in [0, 0.05) is 12.0 Å². The lowest BCUT2D eigenvalue weighted by atomic mass is 9.49. The highest BCUT2D eigenvalue weighted by molar-refractivity contribution is 5.75. The number of allylic oxidation sites excluding steroid dienone is 3. The highest BCUT2D eigenvalue weighted by atomic mass is 16.3. The summed E-state index contributed by atoms with van der Waals surface area (Å²) in [7, 11) is 0. The van der Waals surface area contributed by atoms with Gasteiger partial charge in [-0.1, -0.05) is 67.5 Å². The number of fused-ring (bicyclic) bond motifs is 5. The van der Waals surface area contributed by atoms with Crippen LogP contribution in [0.5, 0.6) is 0 Å². The van der Waals surface area contributed by atoms with E-state index in [-0.39, 0.29) is 34.4 Å². The second kappa shape index (κ2) is 10.7. The number of aliphatic hydroxyl groups excluding tert-OH is 1. The van der Waals surface area contributed by atoms with Gasteiger partial charge in [-0.25, -0.2) is 4.79 Å². The highest BCUT2D eigenvalue weighted by Crippen LogP contribution is 2.66. The molecule has 9 rings (SSSR count). The number of benzene rings is 1. The minimum Gasteiger partial charge on any atom is -0.393 e. The molecule has 0 heterocycles. The first kappa shape index (κ1) is 30.2. The Morgan fingerprint density at radius 1 is 0.911 bits per heavy atom. The van der Waals surface area contributed by atoms with Crippen molar-refractivity contribution in [2.75, 3.05) is 13.1 Å². The first-order valence-electron chi connectivity index (χ1n) is 18.4. The van der Waals surface area contributed by atoms with Crippen LogP contribution in [0.4, 0.5) is 4.79 Å². The number of rotatable bonds is 6. The molecule has 3 N–H and O–H groups in total. The molecule has 0 saturated heterocycles. The maximum absolute atomic E-state index is 14.4. The molecule has 1 aromatic rings. The van der Waals surface area contributed by atoms with Crippen LogP contribution in [0.3, 0.4) is 0 Å². The van der Waals surface area contributed by atoms with E-state index in [4.69, 9.17) is 0 Å². The zero-order chi connectivity index (χ0) is 31.2. The maximum Gasteiger partial charge on any atom is 0.317 e. The predicted octanol–water partition coefficient (Wildman–Crippen LogP) is 7.95.